The molecule has 2 unspecified atom stereocenters. The number of allylic oxidation sites excluding steroid dienone is 10. The third-order valence-corrected chi connectivity index (χ3v) is 12.1. The second kappa shape index (κ2) is 50.1. The molecule has 0 aromatic rings. The number of unbranched alkanes of at least 4 members (excludes halogenated alkanes) is 26. The molecule has 64 heavy (non-hydrogen) atoms. The first-order valence-electron chi connectivity index (χ1n) is 26.3. The van der Waals surface area contributed by atoms with Crippen LogP contribution in [0.25, 0.3) is 0 Å². The summed E-state index contributed by atoms with van der Waals surface area (Å²) in [6.07, 6.45) is 61.1. The molecule has 0 radical (unpaired) electrons. The van der Waals surface area contributed by atoms with Crippen LogP contribution in [0.4, 0.5) is 0 Å². The fraction of sp³-hybridized carbons (Fsp3) is 0.778. The van der Waals surface area contributed by atoms with E-state index in [1.54, 1.807) is 0 Å². The van der Waals surface area contributed by atoms with Crippen LogP contribution in [0.15, 0.2) is 60.8 Å². The van der Waals surface area contributed by atoms with Crippen LogP contribution < -0.4 is 5.73 Å². The van der Waals surface area contributed by atoms with Gasteiger partial charge in [-0.1, -0.05) is 203 Å². The SMILES string of the molecule is CCCCCC/C=C\C/C=C\CCCCCCCCCC(=O)OCC(COP(=O)(O)OCCN)OC(=O)CCCCCCCCCCCC/C=C\C/C=C\C/C=C\CCCCCCC. The summed E-state index contributed by atoms with van der Waals surface area (Å²) in [5.74, 6) is -0.839. The predicted molar refractivity (Wildman–Crippen MR) is 270 cm³/mol. The van der Waals surface area contributed by atoms with Crippen LogP contribution in [0.3, 0.4) is 0 Å². The van der Waals surface area contributed by atoms with Crippen molar-refractivity contribution in [2.75, 3.05) is 26.4 Å². The van der Waals surface area contributed by atoms with Crippen LogP contribution >= 0.6 is 7.82 Å². The van der Waals surface area contributed by atoms with Gasteiger partial charge in [0.2, 0.25) is 0 Å². The Hall–Kier alpha value is -2.29. The molecule has 0 aromatic carbocycles. The summed E-state index contributed by atoms with van der Waals surface area (Å²) in [6.45, 7) is 3.71. The minimum absolute atomic E-state index is 0.0496. The number of esters is 2. The van der Waals surface area contributed by atoms with Crippen molar-refractivity contribution in [2.45, 2.75) is 245 Å². The van der Waals surface area contributed by atoms with Gasteiger partial charge in [-0.05, 0) is 83.5 Å². The van der Waals surface area contributed by atoms with E-state index in [1.165, 1.54) is 128 Å². The molecule has 3 N–H and O–H groups in total. The van der Waals surface area contributed by atoms with Gasteiger partial charge in [0, 0.05) is 19.4 Å². The van der Waals surface area contributed by atoms with Gasteiger partial charge in [0.15, 0.2) is 6.10 Å². The maximum absolute atomic E-state index is 12.7. The molecule has 10 heteroatoms. The van der Waals surface area contributed by atoms with Crippen molar-refractivity contribution < 1.29 is 37.6 Å². The van der Waals surface area contributed by atoms with Gasteiger partial charge >= 0.3 is 19.8 Å². The molecule has 0 aliphatic heterocycles. The van der Waals surface area contributed by atoms with Crippen LogP contribution in [-0.2, 0) is 32.7 Å². The second-order valence-electron chi connectivity index (χ2n) is 17.4. The van der Waals surface area contributed by atoms with E-state index in [0.29, 0.717) is 6.42 Å². The highest BCUT2D eigenvalue weighted by atomic mass is 31.2. The highest BCUT2D eigenvalue weighted by Crippen LogP contribution is 2.43. The van der Waals surface area contributed by atoms with Crippen molar-refractivity contribution in [3.8, 4) is 0 Å². The number of carbonyl (C=O) groups excluding carboxylic acids is 2. The number of hydrogen-bond acceptors (Lipinski definition) is 8. The second-order valence-corrected chi connectivity index (χ2v) is 18.8. The fourth-order valence-electron chi connectivity index (χ4n) is 7.20. The molecule has 372 valence electrons. The Kier molecular flexibility index (Phi) is 48.3. The first kappa shape index (κ1) is 61.7. The molecule has 9 nitrogen and oxygen atoms in total. The first-order chi connectivity index (χ1) is 31.3. The van der Waals surface area contributed by atoms with Gasteiger partial charge in [-0.3, -0.25) is 18.6 Å². The van der Waals surface area contributed by atoms with E-state index in [-0.39, 0.29) is 38.6 Å². The number of ether oxygens (including phenoxy) is 2. The minimum Gasteiger partial charge on any atom is -0.462 e. The van der Waals surface area contributed by atoms with Gasteiger partial charge in [0.1, 0.15) is 6.61 Å². The molecule has 0 saturated carbocycles. The van der Waals surface area contributed by atoms with Gasteiger partial charge in [-0.2, -0.15) is 0 Å². The Morgan fingerprint density at radius 2 is 0.812 bits per heavy atom. The molecule has 0 aliphatic rings. The zero-order chi connectivity index (χ0) is 46.7. The van der Waals surface area contributed by atoms with E-state index in [4.69, 9.17) is 24.3 Å². The summed E-state index contributed by atoms with van der Waals surface area (Å²) in [4.78, 5) is 35.1. The van der Waals surface area contributed by atoms with E-state index in [2.05, 4.69) is 74.6 Å². The van der Waals surface area contributed by atoms with Crippen LogP contribution in [0.5, 0.6) is 0 Å². The number of hydrogen-bond donors (Lipinski definition) is 2. The van der Waals surface area contributed by atoms with Gasteiger partial charge in [-0.25, -0.2) is 4.57 Å². The molecular formula is C54H98NO8P. The fourth-order valence-corrected chi connectivity index (χ4v) is 7.97. The Labute approximate surface area is 393 Å². The minimum atomic E-state index is -4.39. The average molecular weight is 920 g/mol. The molecular weight excluding hydrogens is 822 g/mol. The lowest BCUT2D eigenvalue weighted by Crippen LogP contribution is -2.29. The van der Waals surface area contributed by atoms with Crippen molar-refractivity contribution in [1.82, 2.24) is 0 Å². The molecule has 0 amide bonds. The lowest BCUT2D eigenvalue weighted by molar-refractivity contribution is -0.161. The Bertz CT molecular complexity index is 1230. The van der Waals surface area contributed by atoms with Crippen LogP contribution in [0, 0.1) is 0 Å². The zero-order valence-electron chi connectivity index (χ0n) is 41.3. The number of rotatable bonds is 49. The van der Waals surface area contributed by atoms with E-state index in [0.717, 1.165) is 77.0 Å². The lowest BCUT2D eigenvalue weighted by atomic mass is 10.0. The molecule has 0 rings (SSSR count). The van der Waals surface area contributed by atoms with Crippen molar-refractivity contribution in [3.63, 3.8) is 0 Å². The van der Waals surface area contributed by atoms with E-state index < -0.39 is 26.5 Å². The number of carbonyl (C=O) groups is 2. The van der Waals surface area contributed by atoms with Crippen molar-refractivity contribution in [1.29, 1.82) is 0 Å². The monoisotopic (exact) mass is 920 g/mol. The standard InChI is InChI=1S/C54H98NO8P/c1-3-5-7-9-11-13-15-17-19-21-23-24-25-26-27-28-29-31-33-35-37-39-41-43-45-47-54(57)63-52(51-62-64(58,59)61-49-48-55)50-60-53(56)46-44-42-40-38-36-34-32-30-22-20-18-16-14-12-10-8-6-4-2/h14-17,20-23,25-26,52H,3-13,18-19,24,27-51,55H2,1-2H3,(H,58,59)/b16-14-,17-15-,22-20-,23-21-,26-25-. The number of nitrogens with two attached hydrogens (primary N) is 1. The molecule has 2 atom stereocenters. The summed E-state index contributed by atoms with van der Waals surface area (Å²) >= 11 is 0. The molecule has 0 spiro atoms. The summed E-state index contributed by atoms with van der Waals surface area (Å²) in [5.41, 5.74) is 5.37. The van der Waals surface area contributed by atoms with Crippen molar-refractivity contribution >= 4 is 19.8 Å². The molecule has 0 bridgehead atoms. The molecule has 0 aromatic heterocycles. The van der Waals surface area contributed by atoms with E-state index >= 15 is 0 Å². The molecule has 0 heterocycles. The lowest BCUT2D eigenvalue weighted by Gasteiger charge is -2.19. The molecule has 0 aliphatic carbocycles. The smallest absolute Gasteiger partial charge is 0.462 e. The topological polar surface area (TPSA) is 134 Å². The quantitative estimate of drug-likeness (QED) is 0.0265. The van der Waals surface area contributed by atoms with Crippen molar-refractivity contribution in [3.05, 3.63) is 60.8 Å². The summed E-state index contributed by atoms with van der Waals surface area (Å²) in [5, 5.41) is 0. The molecule has 0 fully saturated rings. The van der Waals surface area contributed by atoms with Crippen molar-refractivity contribution in [2.24, 2.45) is 5.73 Å². The average Bonchev–Trinajstić information content (AvgIpc) is 3.28. The van der Waals surface area contributed by atoms with Gasteiger partial charge < -0.3 is 20.1 Å². The number of phosphoric acid groups is 1. The van der Waals surface area contributed by atoms with E-state index in [9.17, 15) is 19.0 Å². The van der Waals surface area contributed by atoms with Crippen LogP contribution in [0.1, 0.15) is 239 Å². The zero-order valence-corrected chi connectivity index (χ0v) is 42.2. The van der Waals surface area contributed by atoms with Gasteiger partial charge in [0.25, 0.3) is 0 Å². The Balaban J connectivity index is 4.06. The third-order valence-electron chi connectivity index (χ3n) is 11.1. The summed E-state index contributed by atoms with van der Waals surface area (Å²) in [6, 6.07) is 0. The predicted octanol–water partition coefficient (Wildman–Crippen LogP) is 16.0. The largest absolute Gasteiger partial charge is 0.472 e. The highest BCUT2D eigenvalue weighted by Gasteiger charge is 2.26. The Morgan fingerprint density at radius 1 is 0.469 bits per heavy atom. The van der Waals surface area contributed by atoms with E-state index in [1.807, 2.05) is 0 Å². The first-order valence-corrected chi connectivity index (χ1v) is 27.8. The maximum Gasteiger partial charge on any atom is 0.472 e. The summed E-state index contributed by atoms with van der Waals surface area (Å²) < 4.78 is 32.9. The van der Waals surface area contributed by atoms with Gasteiger partial charge in [0.05, 0.1) is 13.2 Å². The normalized spacial score (nSPS) is 13.6. The maximum atomic E-state index is 12.7. The third kappa shape index (κ3) is 49.2. The summed E-state index contributed by atoms with van der Waals surface area (Å²) in [7, 11) is -4.39. The Morgan fingerprint density at radius 3 is 1.22 bits per heavy atom. The highest BCUT2D eigenvalue weighted by molar-refractivity contribution is 7.47. The molecule has 0 saturated heterocycles. The van der Waals surface area contributed by atoms with Crippen LogP contribution in [0.2, 0.25) is 0 Å². The number of phosphoric ester groups is 1. The van der Waals surface area contributed by atoms with Crippen LogP contribution in [-0.4, -0.2) is 49.3 Å². The van der Waals surface area contributed by atoms with Gasteiger partial charge in [-0.15, -0.1) is 0 Å².